The highest BCUT2D eigenvalue weighted by Gasteiger charge is 2.17. The fraction of sp³-hybridized carbons (Fsp3) is 0.312. The van der Waals surface area contributed by atoms with E-state index in [0.717, 1.165) is 5.82 Å². The van der Waals surface area contributed by atoms with Crippen LogP contribution in [0.1, 0.15) is 17.3 Å². The first-order chi connectivity index (χ1) is 10.9. The van der Waals surface area contributed by atoms with Gasteiger partial charge in [-0.1, -0.05) is 11.6 Å². The number of aldehydes is 1. The van der Waals surface area contributed by atoms with Gasteiger partial charge in [-0.05, 0) is 37.5 Å². The Morgan fingerprint density at radius 3 is 2.52 bits per heavy atom. The molecule has 0 aliphatic carbocycles. The number of amides is 1. The van der Waals surface area contributed by atoms with Crippen molar-refractivity contribution in [2.45, 2.75) is 13.0 Å². The Kier molecular flexibility index (Phi) is 7.85. The third kappa shape index (κ3) is 6.08. The summed E-state index contributed by atoms with van der Waals surface area (Å²) < 4.78 is 0. The minimum absolute atomic E-state index is 0.355. The Labute approximate surface area is 145 Å². The molecule has 0 saturated carbocycles. The highest BCUT2D eigenvalue weighted by molar-refractivity contribution is 8.02. The number of carbonyl (C=O) groups is 2. The van der Waals surface area contributed by atoms with E-state index in [0.29, 0.717) is 21.8 Å². The van der Waals surface area contributed by atoms with Gasteiger partial charge in [-0.2, -0.15) is 0 Å². The minimum atomic E-state index is -0.724. The van der Waals surface area contributed by atoms with Crippen molar-refractivity contribution in [2.75, 3.05) is 25.3 Å². The molecule has 0 saturated heterocycles. The van der Waals surface area contributed by atoms with Crippen LogP contribution in [0.5, 0.6) is 0 Å². The molecule has 0 aliphatic rings. The van der Waals surface area contributed by atoms with Crippen LogP contribution in [-0.4, -0.2) is 43.6 Å². The van der Waals surface area contributed by atoms with Crippen molar-refractivity contribution in [1.29, 1.82) is 0 Å². The average molecular weight is 354 g/mol. The fourth-order valence-electron chi connectivity index (χ4n) is 1.68. The smallest absolute Gasteiger partial charge is 0.253 e. The lowest BCUT2D eigenvalue weighted by molar-refractivity contribution is -0.108. The molecular formula is C16H20ClN3O2S. The topological polar surface area (TPSA) is 62.3 Å². The van der Waals surface area contributed by atoms with E-state index in [9.17, 15) is 9.59 Å². The van der Waals surface area contributed by atoms with Crippen LogP contribution in [0.15, 0.2) is 40.4 Å². The molecule has 1 amide bonds. The van der Waals surface area contributed by atoms with Gasteiger partial charge in [0.1, 0.15) is 18.1 Å². The number of nitrogens with one attached hydrogen (secondary N) is 1. The Morgan fingerprint density at radius 1 is 1.39 bits per heavy atom. The largest absolute Gasteiger partial charge is 0.363 e. The zero-order valence-corrected chi connectivity index (χ0v) is 15.1. The number of allylic oxidation sites excluding steroid dienone is 3. The first-order valence-corrected chi connectivity index (χ1v) is 8.46. The molecule has 0 bridgehead atoms. The Hall–Kier alpha value is -1.79. The summed E-state index contributed by atoms with van der Waals surface area (Å²) in [6, 6.07) is 2.69. The number of anilines is 1. The SMILES string of the molecule is CS/C(=C\C=C(/C)Cl)C(C=O)NC(=O)c1ccc(N(C)C)nc1. The monoisotopic (exact) mass is 353 g/mol. The van der Waals surface area contributed by atoms with Crippen molar-refractivity contribution in [3.05, 3.63) is 46.0 Å². The summed E-state index contributed by atoms with van der Waals surface area (Å²) in [4.78, 5) is 30.3. The number of thioether (sulfide) groups is 1. The van der Waals surface area contributed by atoms with E-state index < -0.39 is 6.04 Å². The van der Waals surface area contributed by atoms with E-state index in [2.05, 4.69) is 10.3 Å². The Morgan fingerprint density at radius 2 is 2.09 bits per heavy atom. The zero-order chi connectivity index (χ0) is 17.4. The molecule has 1 N–H and O–H groups in total. The van der Waals surface area contributed by atoms with E-state index in [1.54, 1.807) is 31.2 Å². The maximum absolute atomic E-state index is 12.3. The van der Waals surface area contributed by atoms with Crippen LogP contribution < -0.4 is 10.2 Å². The molecule has 1 heterocycles. The number of rotatable bonds is 7. The molecule has 23 heavy (non-hydrogen) atoms. The van der Waals surface area contributed by atoms with Gasteiger partial charge >= 0.3 is 0 Å². The molecule has 1 atom stereocenters. The van der Waals surface area contributed by atoms with Gasteiger partial charge in [0.05, 0.1) is 5.56 Å². The molecule has 1 rings (SSSR count). The van der Waals surface area contributed by atoms with E-state index in [4.69, 9.17) is 11.6 Å². The number of hydrogen-bond acceptors (Lipinski definition) is 5. The van der Waals surface area contributed by atoms with Gasteiger partial charge < -0.3 is 15.0 Å². The Bertz CT molecular complexity index is 608. The summed E-state index contributed by atoms with van der Waals surface area (Å²) >= 11 is 7.17. The predicted octanol–water partition coefficient (Wildman–Crippen LogP) is 2.83. The van der Waals surface area contributed by atoms with Crippen molar-refractivity contribution in [3.8, 4) is 0 Å². The average Bonchev–Trinajstić information content (AvgIpc) is 2.53. The molecule has 1 aromatic heterocycles. The summed E-state index contributed by atoms with van der Waals surface area (Å²) in [6.07, 6.45) is 7.42. The van der Waals surface area contributed by atoms with Crippen LogP contribution in [0, 0.1) is 0 Å². The molecule has 0 spiro atoms. The van der Waals surface area contributed by atoms with Crippen molar-refractivity contribution < 1.29 is 9.59 Å². The van der Waals surface area contributed by atoms with Gasteiger partial charge in [0.25, 0.3) is 5.91 Å². The van der Waals surface area contributed by atoms with Gasteiger partial charge in [0, 0.05) is 30.2 Å². The zero-order valence-electron chi connectivity index (χ0n) is 13.5. The summed E-state index contributed by atoms with van der Waals surface area (Å²) in [7, 11) is 3.73. The van der Waals surface area contributed by atoms with E-state index in [1.165, 1.54) is 18.0 Å². The number of halogens is 1. The molecule has 5 nitrogen and oxygen atoms in total. The van der Waals surface area contributed by atoms with Crippen LogP contribution >= 0.6 is 23.4 Å². The van der Waals surface area contributed by atoms with Crippen LogP contribution in [0.3, 0.4) is 0 Å². The van der Waals surface area contributed by atoms with E-state index >= 15 is 0 Å². The lowest BCUT2D eigenvalue weighted by Crippen LogP contribution is -2.36. The number of hydrogen-bond donors (Lipinski definition) is 1. The summed E-state index contributed by atoms with van der Waals surface area (Å²) in [6.45, 7) is 1.74. The van der Waals surface area contributed by atoms with Crippen LogP contribution in [0.4, 0.5) is 5.82 Å². The quantitative estimate of drug-likeness (QED) is 0.603. The lowest BCUT2D eigenvalue weighted by atomic mass is 10.2. The molecule has 7 heteroatoms. The number of pyridine rings is 1. The normalized spacial score (nSPS) is 13.4. The second-order valence-corrected chi connectivity index (χ2v) is 6.39. The first-order valence-electron chi connectivity index (χ1n) is 6.86. The molecule has 1 unspecified atom stereocenters. The molecule has 0 radical (unpaired) electrons. The Balaban J connectivity index is 2.89. The van der Waals surface area contributed by atoms with Gasteiger partial charge in [0.2, 0.25) is 0 Å². The number of aromatic nitrogens is 1. The molecule has 0 fully saturated rings. The third-order valence-electron chi connectivity index (χ3n) is 2.91. The summed E-state index contributed by atoms with van der Waals surface area (Å²) in [5.41, 5.74) is 0.395. The first kappa shape index (κ1) is 19.3. The maximum Gasteiger partial charge on any atom is 0.253 e. The predicted molar refractivity (Wildman–Crippen MR) is 97.1 cm³/mol. The van der Waals surface area contributed by atoms with Crippen molar-refractivity contribution in [1.82, 2.24) is 10.3 Å². The molecule has 1 aromatic rings. The van der Waals surface area contributed by atoms with Crippen molar-refractivity contribution in [3.63, 3.8) is 0 Å². The number of carbonyl (C=O) groups excluding carboxylic acids is 2. The van der Waals surface area contributed by atoms with E-state index in [-0.39, 0.29) is 5.91 Å². The fourth-order valence-corrected chi connectivity index (χ4v) is 2.31. The highest BCUT2D eigenvalue weighted by Crippen LogP contribution is 2.17. The summed E-state index contributed by atoms with van der Waals surface area (Å²) in [5, 5.41) is 3.28. The number of nitrogens with zero attached hydrogens (tertiary/aromatic N) is 2. The van der Waals surface area contributed by atoms with Gasteiger partial charge in [-0.15, -0.1) is 11.8 Å². The van der Waals surface area contributed by atoms with Crippen molar-refractivity contribution in [2.24, 2.45) is 0 Å². The summed E-state index contributed by atoms with van der Waals surface area (Å²) in [5.74, 6) is 0.396. The van der Waals surface area contributed by atoms with Crippen LogP contribution in [0.25, 0.3) is 0 Å². The highest BCUT2D eigenvalue weighted by atomic mass is 35.5. The maximum atomic E-state index is 12.3. The minimum Gasteiger partial charge on any atom is -0.363 e. The van der Waals surface area contributed by atoms with Crippen LogP contribution in [0.2, 0.25) is 0 Å². The standard InChI is InChI=1S/C16H20ClN3O2S/c1-11(17)5-7-14(23-4)13(10-21)19-16(22)12-6-8-15(18-9-12)20(2)3/h5-10,13H,1-4H3,(H,19,22)/b11-5+,14-7-. The third-order valence-corrected chi connectivity index (χ3v) is 3.90. The van der Waals surface area contributed by atoms with Gasteiger partial charge in [-0.25, -0.2) is 4.98 Å². The van der Waals surface area contributed by atoms with Gasteiger partial charge in [-0.3, -0.25) is 4.79 Å². The lowest BCUT2D eigenvalue weighted by Gasteiger charge is -2.15. The second kappa shape index (κ2) is 9.37. The van der Waals surface area contributed by atoms with Crippen molar-refractivity contribution >= 4 is 41.4 Å². The molecule has 124 valence electrons. The molecule has 0 aliphatic heterocycles. The van der Waals surface area contributed by atoms with E-state index in [1.807, 2.05) is 25.3 Å². The van der Waals surface area contributed by atoms with Gasteiger partial charge in [0.15, 0.2) is 0 Å². The van der Waals surface area contributed by atoms with Crippen LogP contribution in [-0.2, 0) is 4.79 Å². The second-order valence-electron chi connectivity index (χ2n) is 4.91. The molecular weight excluding hydrogens is 334 g/mol. The molecule has 0 aromatic carbocycles.